The summed E-state index contributed by atoms with van der Waals surface area (Å²) in [6.07, 6.45) is 3.98. The molecule has 0 saturated carbocycles. The van der Waals surface area contributed by atoms with Crippen molar-refractivity contribution in [1.29, 1.82) is 0 Å². The Kier molecular flexibility index (Phi) is 8.07. The second kappa shape index (κ2) is 11.9. The van der Waals surface area contributed by atoms with Crippen LogP contribution in [0.5, 0.6) is 6.01 Å². The molecule has 10 nitrogen and oxygen atoms in total. The third-order valence-electron chi connectivity index (χ3n) is 8.60. The molecule has 43 heavy (non-hydrogen) atoms. The number of anilines is 1. The van der Waals surface area contributed by atoms with E-state index in [4.69, 9.17) is 26.3 Å². The maximum Gasteiger partial charge on any atom is 0.319 e. The molecule has 2 aromatic heterocycles. The number of hydrogen-bond acceptors (Lipinski definition) is 8. The second-order valence-electron chi connectivity index (χ2n) is 11.3. The summed E-state index contributed by atoms with van der Waals surface area (Å²) < 4.78 is 7.81. The number of carbonyl (C=O) groups is 1. The largest absolute Gasteiger partial charge is 0.462 e. The van der Waals surface area contributed by atoms with E-state index >= 15 is 0 Å². The number of aromatic nitrogens is 4. The molecule has 2 fully saturated rings. The molecule has 0 radical (unpaired) electrons. The standard InChI is InChI=1S/C32H36ClN7O3/c1-5-25-34-28-29(31(42)40(25)24-14-8-11-21-10-7-13-23(33)27(21)24)35-32(43-19-22-12-9-15-37(22)4)36-30(28)39-17-16-38(18-20(39)3)26(41)6-2/h6-8,10-11,13-14,20,22H,2,5,9,12,15-19H2,1,3-4H3/t20-,22-/m0/s1. The van der Waals surface area contributed by atoms with Gasteiger partial charge in [-0.2, -0.15) is 9.97 Å². The second-order valence-corrected chi connectivity index (χ2v) is 11.7. The lowest BCUT2D eigenvalue weighted by Gasteiger charge is -2.40. The van der Waals surface area contributed by atoms with Crippen LogP contribution in [0.25, 0.3) is 27.5 Å². The fourth-order valence-electron chi connectivity index (χ4n) is 6.25. The molecule has 0 aliphatic carbocycles. The van der Waals surface area contributed by atoms with Crippen molar-refractivity contribution in [2.24, 2.45) is 0 Å². The monoisotopic (exact) mass is 601 g/mol. The number of aryl methyl sites for hydroxylation is 1. The number of rotatable bonds is 7. The number of ether oxygens (including phenoxy) is 1. The highest BCUT2D eigenvalue weighted by Gasteiger charge is 2.31. The third-order valence-corrected chi connectivity index (χ3v) is 8.92. The average Bonchev–Trinajstić information content (AvgIpc) is 3.43. The Morgan fingerprint density at radius 2 is 1.91 bits per heavy atom. The van der Waals surface area contributed by atoms with Gasteiger partial charge in [-0.3, -0.25) is 14.2 Å². The van der Waals surface area contributed by atoms with Gasteiger partial charge in [-0.05, 0) is 57.0 Å². The third kappa shape index (κ3) is 5.34. The summed E-state index contributed by atoms with van der Waals surface area (Å²) in [4.78, 5) is 47.5. The zero-order chi connectivity index (χ0) is 30.2. The molecule has 2 saturated heterocycles. The van der Waals surface area contributed by atoms with Crippen molar-refractivity contribution in [3.05, 3.63) is 70.3 Å². The number of nitrogens with zero attached hydrogens (tertiary/aromatic N) is 7. The topological polar surface area (TPSA) is 96.7 Å². The van der Waals surface area contributed by atoms with Crippen LogP contribution in [0.1, 0.15) is 32.5 Å². The van der Waals surface area contributed by atoms with Crippen molar-refractivity contribution in [1.82, 2.24) is 29.3 Å². The van der Waals surface area contributed by atoms with Gasteiger partial charge in [-0.1, -0.05) is 49.4 Å². The van der Waals surface area contributed by atoms with E-state index in [0.29, 0.717) is 60.5 Å². The van der Waals surface area contributed by atoms with Crippen molar-refractivity contribution < 1.29 is 9.53 Å². The quantitative estimate of drug-likeness (QED) is 0.290. The molecule has 2 aliphatic heterocycles. The molecule has 4 aromatic rings. The van der Waals surface area contributed by atoms with Gasteiger partial charge in [0.2, 0.25) is 5.91 Å². The van der Waals surface area contributed by atoms with E-state index < -0.39 is 0 Å². The van der Waals surface area contributed by atoms with Crippen molar-refractivity contribution in [2.75, 3.05) is 44.7 Å². The Bertz CT molecular complexity index is 1770. The van der Waals surface area contributed by atoms with E-state index in [0.717, 1.165) is 30.2 Å². The zero-order valence-electron chi connectivity index (χ0n) is 24.8. The Morgan fingerprint density at radius 1 is 1.12 bits per heavy atom. The molecule has 0 N–H and O–H groups in total. The Balaban J connectivity index is 1.53. The van der Waals surface area contributed by atoms with E-state index in [1.54, 1.807) is 9.47 Å². The number of fused-ring (bicyclic) bond motifs is 2. The lowest BCUT2D eigenvalue weighted by molar-refractivity contribution is -0.126. The lowest BCUT2D eigenvalue weighted by Crippen LogP contribution is -2.53. The minimum atomic E-state index is -0.311. The summed E-state index contributed by atoms with van der Waals surface area (Å²) >= 11 is 6.68. The number of halogens is 1. The van der Waals surface area contributed by atoms with Gasteiger partial charge in [0.1, 0.15) is 17.9 Å². The van der Waals surface area contributed by atoms with Crippen molar-refractivity contribution >= 4 is 45.1 Å². The molecule has 0 bridgehead atoms. The Morgan fingerprint density at radius 3 is 2.60 bits per heavy atom. The zero-order valence-corrected chi connectivity index (χ0v) is 25.5. The molecule has 224 valence electrons. The average molecular weight is 602 g/mol. The van der Waals surface area contributed by atoms with Gasteiger partial charge < -0.3 is 19.4 Å². The highest BCUT2D eigenvalue weighted by molar-refractivity contribution is 6.36. The number of piperazine rings is 1. The molecule has 1 amide bonds. The molecule has 2 atom stereocenters. The van der Waals surface area contributed by atoms with Crippen LogP contribution in [0.4, 0.5) is 5.82 Å². The normalized spacial score (nSPS) is 19.3. The molecule has 0 spiro atoms. The van der Waals surface area contributed by atoms with Crippen molar-refractivity contribution in [3.63, 3.8) is 0 Å². The summed E-state index contributed by atoms with van der Waals surface area (Å²) in [6.45, 7) is 10.6. The summed E-state index contributed by atoms with van der Waals surface area (Å²) in [5.74, 6) is 1.00. The van der Waals surface area contributed by atoms with E-state index in [-0.39, 0.29) is 35.1 Å². The van der Waals surface area contributed by atoms with Gasteiger partial charge in [0.05, 0.1) is 10.7 Å². The smallest absolute Gasteiger partial charge is 0.319 e. The van der Waals surface area contributed by atoms with Gasteiger partial charge in [0.15, 0.2) is 11.3 Å². The fourth-order valence-corrected chi connectivity index (χ4v) is 6.53. The van der Waals surface area contributed by atoms with Crippen LogP contribution in [0, 0.1) is 0 Å². The maximum absolute atomic E-state index is 14.5. The van der Waals surface area contributed by atoms with Gasteiger partial charge in [0, 0.05) is 43.5 Å². The number of likely N-dealkylation sites (N-methyl/N-ethyl adjacent to an activating group) is 1. The van der Waals surface area contributed by atoms with Gasteiger partial charge in [-0.25, -0.2) is 4.98 Å². The van der Waals surface area contributed by atoms with Crippen LogP contribution in [0.15, 0.2) is 53.8 Å². The van der Waals surface area contributed by atoms with E-state index in [1.165, 1.54) is 6.08 Å². The predicted molar refractivity (Wildman–Crippen MR) is 170 cm³/mol. The van der Waals surface area contributed by atoms with E-state index in [9.17, 15) is 9.59 Å². The van der Waals surface area contributed by atoms with Crippen molar-refractivity contribution in [3.8, 4) is 11.7 Å². The molecule has 11 heteroatoms. The Labute approximate surface area is 255 Å². The minimum absolute atomic E-state index is 0.0873. The molecule has 0 unspecified atom stereocenters. The van der Waals surface area contributed by atoms with Crippen LogP contribution in [0.2, 0.25) is 5.02 Å². The SMILES string of the molecule is C=CC(=O)N1CCN(c2nc(OC[C@@H]3CCCN3C)nc3c(=O)n(-c4cccc5cccc(Cl)c45)c(CC)nc23)[C@@H](C)C1. The van der Waals surface area contributed by atoms with Crippen LogP contribution in [-0.2, 0) is 11.2 Å². The summed E-state index contributed by atoms with van der Waals surface area (Å²) in [7, 11) is 2.09. The molecule has 2 aromatic carbocycles. The Hall–Kier alpha value is -4.02. The van der Waals surface area contributed by atoms with E-state index in [1.807, 2.05) is 50.2 Å². The van der Waals surface area contributed by atoms with Crippen LogP contribution in [-0.4, -0.2) is 87.1 Å². The molecule has 6 rings (SSSR count). The summed E-state index contributed by atoms with van der Waals surface area (Å²) in [5, 5.41) is 2.25. The first kappa shape index (κ1) is 29.1. The van der Waals surface area contributed by atoms with Crippen LogP contribution < -0.4 is 15.2 Å². The number of likely N-dealkylation sites (tertiary alicyclic amines) is 1. The number of hydrogen-bond donors (Lipinski definition) is 0. The number of amides is 1. The molecular weight excluding hydrogens is 566 g/mol. The lowest BCUT2D eigenvalue weighted by atomic mass is 10.1. The number of benzene rings is 2. The van der Waals surface area contributed by atoms with Gasteiger partial charge in [0.25, 0.3) is 5.56 Å². The van der Waals surface area contributed by atoms with Crippen LogP contribution in [0.3, 0.4) is 0 Å². The fraction of sp³-hybridized carbons (Fsp3) is 0.406. The van der Waals surface area contributed by atoms with Crippen LogP contribution >= 0.6 is 11.6 Å². The highest BCUT2D eigenvalue weighted by Crippen LogP contribution is 2.32. The first-order chi connectivity index (χ1) is 20.8. The molecule has 2 aliphatic rings. The predicted octanol–water partition coefficient (Wildman–Crippen LogP) is 4.24. The highest BCUT2D eigenvalue weighted by atomic mass is 35.5. The van der Waals surface area contributed by atoms with Gasteiger partial charge >= 0.3 is 6.01 Å². The summed E-state index contributed by atoms with van der Waals surface area (Å²) in [5.41, 5.74) is 0.941. The van der Waals surface area contributed by atoms with Gasteiger partial charge in [-0.15, -0.1) is 0 Å². The minimum Gasteiger partial charge on any atom is -0.462 e. The van der Waals surface area contributed by atoms with E-state index in [2.05, 4.69) is 28.4 Å². The number of carbonyl (C=O) groups excluding carboxylic acids is 1. The van der Waals surface area contributed by atoms with Crippen molar-refractivity contribution in [2.45, 2.75) is 45.2 Å². The maximum atomic E-state index is 14.5. The first-order valence-electron chi connectivity index (χ1n) is 14.8. The molecular formula is C32H36ClN7O3. The molecule has 4 heterocycles. The summed E-state index contributed by atoms with van der Waals surface area (Å²) in [6, 6.07) is 11.8. The first-order valence-corrected chi connectivity index (χ1v) is 15.2.